The SMILES string of the molecule is COc1ccc2cc(CSCCO)c(N)nc2c1. The smallest absolute Gasteiger partial charge is 0.128 e. The van der Waals surface area contributed by atoms with E-state index in [1.807, 2.05) is 24.3 Å². The first-order valence-corrected chi connectivity index (χ1v) is 6.82. The van der Waals surface area contributed by atoms with Gasteiger partial charge in [-0.3, -0.25) is 0 Å². The van der Waals surface area contributed by atoms with E-state index in [1.165, 1.54) is 0 Å². The molecule has 0 atom stereocenters. The summed E-state index contributed by atoms with van der Waals surface area (Å²) in [6.07, 6.45) is 0. The van der Waals surface area contributed by atoms with Crippen LogP contribution in [-0.4, -0.2) is 29.6 Å². The number of methoxy groups -OCH3 is 1. The third-order valence-corrected chi connectivity index (χ3v) is 3.62. The first-order valence-electron chi connectivity index (χ1n) is 5.66. The minimum Gasteiger partial charge on any atom is -0.497 e. The fourth-order valence-corrected chi connectivity index (χ4v) is 2.42. The van der Waals surface area contributed by atoms with Gasteiger partial charge in [0.05, 0.1) is 19.2 Å². The molecule has 0 aliphatic rings. The molecule has 0 spiro atoms. The highest BCUT2D eigenvalue weighted by Crippen LogP contribution is 2.25. The first kappa shape index (κ1) is 13.0. The molecule has 2 aromatic rings. The number of benzene rings is 1. The Labute approximate surface area is 110 Å². The molecule has 0 aliphatic heterocycles. The number of fused-ring (bicyclic) bond motifs is 1. The van der Waals surface area contributed by atoms with Crippen molar-refractivity contribution in [2.24, 2.45) is 0 Å². The Balaban J connectivity index is 2.30. The maximum atomic E-state index is 8.76. The average molecular weight is 264 g/mol. The average Bonchev–Trinajstić information content (AvgIpc) is 2.39. The van der Waals surface area contributed by atoms with E-state index in [0.717, 1.165) is 28.0 Å². The lowest BCUT2D eigenvalue weighted by Gasteiger charge is -2.08. The monoisotopic (exact) mass is 264 g/mol. The molecular formula is C13H16N2O2S. The van der Waals surface area contributed by atoms with Gasteiger partial charge in [0.2, 0.25) is 0 Å². The molecular weight excluding hydrogens is 248 g/mol. The fourth-order valence-electron chi connectivity index (χ4n) is 1.69. The number of hydrogen-bond acceptors (Lipinski definition) is 5. The largest absolute Gasteiger partial charge is 0.497 e. The van der Waals surface area contributed by atoms with Gasteiger partial charge in [-0.2, -0.15) is 11.8 Å². The molecule has 3 N–H and O–H groups in total. The van der Waals surface area contributed by atoms with E-state index in [-0.39, 0.29) is 6.61 Å². The number of aliphatic hydroxyl groups is 1. The van der Waals surface area contributed by atoms with Gasteiger partial charge < -0.3 is 15.6 Å². The topological polar surface area (TPSA) is 68.4 Å². The third kappa shape index (κ3) is 2.86. The Morgan fingerprint density at radius 2 is 2.22 bits per heavy atom. The van der Waals surface area contributed by atoms with E-state index < -0.39 is 0 Å². The number of aromatic nitrogens is 1. The summed E-state index contributed by atoms with van der Waals surface area (Å²) >= 11 is 1.64. The minimum atomic E-state index is 0.183. The maximum Gasteiger partial charge on any atom is 0.128 e. The summed E-state index contributed by atoms with van der Waals surface area (Å²) in [7, 11) is 1.63. The molecule has 0 fully saturated rings. The van der Waals surface area contributed by atoms with Crippen LogP contribution in [0, 0.1) is 0 Å². The van der Waals surface area contributed by atoms with Crippen molar-refractivity contribution in [2.45, 2.75) is 5.75 Å². The maximum absolute atomic E-state index is 8.76. The van der Waals surface area contributed by atoms with Gasteiger partial charge in [-0.05, 0) is 18.2 Å². The number of ether oxygens (including phenoxy) is 1. The van der Waals surface area contributed by atoms with Crippen LogP contribution in [-0.2, 0) is 5.75 Å². The quantitative estimate of drug-likeness (QED) is 0.809. The number of nitrogens with two attached hydrogens (primary N) is 1. The van der Waals surface area contributed by atoms with Crippen molar-refractivity contribution in [1.29, 1.82) is 0 Å². The molecule has 0 bridgehead atoms. The Morgan fingerprint density at radius 3 is 2.94 bits per heavy atom. The van der Waals surface area contributed by atoms with Gasteiger partial charge in [-0.25, -0.2) is 4.98 Å². The van der Waals surface area contributed by atoms with Crippen LogP contribution in [0.25, 0.3) is 10.9 Å². The predicted octanol–water partition coefficient (Wildman–Crippen LogP) is 2.05. The highest BCUT2D eigenvalue weighted by molar-refractivity contribution is 7.98. The van der Waals surface area contributed by atoms with Crippen LogP contribution < -0.4 is 10.5 Å². The lowest BCUT2D eigenvalue weighted by molar-refractivity contribution is 0.322. The zero-order chi connectivity index (χ0) is 13.0. The number of hydrogen-bond donors (Lipinski definition) is 2. The Morgan fingerprint density at radius 1 is 1.39 bits per heavy atom. The van der Waals surface area contributed by atoms with Crippen molar-refractivity contribution < 1.29 is 9.84 Å². The molecule has 1 aromatic carbocycles. The van der Waals surface area contributed by atoms with Gasteiger partial charge >= 0.3 is 0 Å². The van der Waals surface area contributed by atoms with Crippen LogP contribution in [0.3, 0.4) is 0 Å². The summed E-state index contributed by atoms with van der Waals surface area (Å²) in [5.41, 5.74) is 7.77. The fraction of sp³-hybridized carbons (Fsp3) is 0.308. The molecule has 0 unspecified atom stereocenters. The van der Waals surface area contributed by atoms with Crippen LogP contribution in [0.1, 0.15) is 5.56 Å². The van der Waals surface area contributed by atoms with Crippen molar-refractivity contribution in [1.82, 2.24) is 4.98 Å². The number of thioether (sulfide) groups is 1. The zero-order valence-electron chi connectivity index (χ0n) is 10.2. The lowest BCUT2D eigenvalue weighted by atomic mass is 10.1. The van der Waals surface area contributed by atoms with Crippen LogP contribution in [0.15, 0.2) is 24.3 Å². The summed E-state index contributed by atoms with van der Waals surface area (Å²) in [4.78, 5) is 4.38. The molecule has 2 rings (SSSR count). The first-order chi connectivity index (χ1) is 8.74. The summed E-state index contributed by atoms with van der Waals surface area (Å²) in [6, 6.07) is 7.80. The molecule has 0 saturated carbocycles. The molecule has 0 amide bonds. The van der Waals surface area contributed by atoms with E-state index in [1.54, 1.807) is 18.9 Å². The molecule has 0 aliphatic carbocycles. The van der Waals surface area contributed by atoms with Crippen LogP contribution in [0.4, 0.5) is 5.82 Å². The Kier molecular flexibility index (Phi) is 4.28. The van der Waals surface area contributed by atoms with Gasteiger partial charge in [-0.15, -0.1) is 0 Å². The lowest BCUT2D eigenvalue weighted by Crippen LogP contribution is -1.98. The second kappa shape index (κ2) is 5.93. The van der Waals surface area contributed by atoms with Crippen molar-refractivity contribution >= 4 is 28.5 Å². The van der Waals surface area contributed by atoms with E-state index >= 15 is 0 Å². The van der Waals surface area contributed by atoms with Crippen LogP contribution in [0.5, 0.6) is 5.75 Å². The highest BCUT2D eigenvalue weighted by atomic mass is 32.2. The number of rotatable bonds is 5. The normalized spacial score (nSPS) is 10.8. The van der Waals surface area contributed by atoms with Crippen LogP contribution >= 0.6 is 11.8 Å². The minimum absolute atomic E-state index is 0.183. The second-order valence-electron chi connectivity index (χ2n) is 3.87. The van der Waals surface area contributed by atoms with Gasteiger partial charge in [0, 0.05) is 28.5 Å². The standard InChI is InChI=1S/C13H16N2O2S/c1-17-11-3-2-9-6-10(8-18-5-4-16)13(14)15-12(9)7-11/h2-3,6-7,16H,4-5,8H2,1H3,(H2,14,15). The number of anilines is 1. The van der Waals surface area contributed by atoms with Gasteiger partial charge in [0.1, 0.15) is 11.6 Å². The predicted molar refractivity (Wildman–Crippen MR) is 76.0 cm³/mol. The van der Waals surface area contributed by atoms with Crippen molar-refractivity contribution in [3.05, 3.63) is 29.8 Å². The molecule has 1 heterocycles. The van der Waals surface area contributed by atoms with E-state index in [4.69, 9.17) is 15.6 Å². The highest BCUT2D eigenvalue weighted by Gasteiger charge is 2.05. The molecule has 18 heavy (non-hydrogen) atoms. The Bertz CT molecular complexity index is 546. The molecule has 5 heteroatoms. The third-order valence-electron chi connectivity index (χ3n) is 2.63. The zero-order valence-corrected chi connectivity index (χ0v) is 11.0. The van der Waals surface area contributed by atoms with E-state index in [9.17, 15) is 0 Å². The summed E-state index contributed by atoms with van der Waals surface area (Å²) < 4.78 is 5.16. The van der Waals surface area contributed by atoms with Gasteiger partial charge in [0.25, 0.3) is 0 Å². The summed E-state index contributed by atoms with van der Waals surface area (Å²) in [6.45, 7) is 0.183. The van der Waals surface area contributed by atoms with E-state index in [0.29, 0.717) is 11.6 Å². The molecule has 1 aromatic heterocycles. The van der Waals surface area contributed by atoms with Crippen LogP contribution in [0.2, 0.25) is 0 Å². The van der Waals surface area contributed by atoms with Crippen molar-refractivity contribution in [3.8, 4) is 5.75 Å². The van der Waals surface area contributed by atoms with E-state index in [2.05, 4.69) is 4.98 Å². The second-order valence-corrected chi connectivity index (χ2v) is 4.97. The number of pyridine rings is 1. The summed E-state index contributed by atoms with van der Waals surface area (Å²) in [5, 5.41) is 9.81. The van der Waals surface area contributed by atoms with Crippen molar-refractivity contribution in [2.75, 3.05) is 25.2 Å². The number of aliphatic hydroxyl groups excluding tert-OH is 1. The summed E-state index contributed by atoms with van der Waals surface area (Å²) in [5.74, 6) is 2.79. The van der Waals surface area contributed by atoms with Gasteiger partial charge in [0.15, 0.2) is 0 Å². The number of nitrogen functional groups attached to an aromatic ring is 1. The van der Waals surface area contributed by atoms with Gasteiger partial charge in [-0.1, -0.05) is 0 Å². The molecule has 0 radical (unpaired) electrons. The number of nitrogens with zero attached hydrogens (tertiary/aromatic N) is 1. The molecule has 0 saturated heterocycles. The molecule has 4 nitrogen and oxygen atoms in total. The van der Waals surface area contributed by atoms with Crippen molar-refractivity contribution in [3.63, 3.8) is 0 Å². The molecule has 96 valence electrons. The Hall–Kier alpha value is -1.46.